The Labute approximate surface area is 50.1 Å². The molecule has 0 unspecified atom stereocenters. The summed E-state index contributed by atoms with van der Waals surface area (Å²) in [4.78, 5) is 10.3. The van der Waals surface area contributed by atoms with Gasteiger partial charge in [0.15, 0.2) is 0 Å². The zero-order chi connectivity index (χ0) is 6.57. The van der Waals surface area contributed by atoms with E-state index in [-0.39, 0.29) is 11.8 Å². The highest BCUT2D eigenvalue weighted by Crippen LogP contribution is 1.92. The molecule has 0 amide bonds. The number of carbonyl (C=O) groups is 1. The molecule has 0 fully saturated rings. The first-order chi connectivity index (χ1) is 3.66. The van der Waals surface area contributed by atoms with Crippen molar-refractivity contribution < 1.29 is 4.79 Å². The van der Waals surface area contributed by atoms with Crippen molar-refractivity contribution in [2.24, 2.45) is 5.73 Å². The Balaban J connectivity index is 3.24. The van der Waals surface area contributed by atoms with Crippen LogP contribution in [0.15, 0.2) is 0 Å². The van der Waals surface area contributed by atoms with Crippen LogP contribution >= 0.6 is 0 Å². The molecule has 8 heavy (non-hydrogen) atoms. The number of rotatable bonds is 3. The second-order valence-electron chi connectivity index (χ2n) is 2.07. The SMILES string of the molecule is CC[C@H](N)CC(C)=O. The molecule has 2 heteroatoms. The summed E-state index contributed by atoms with van der Waals surface area (Å²) in [6.45, 7) is 3.54. The van der Waals surface area contributed by atoms with Crippen molar-refractivity contribution in [3.05, 3.63) is 0 Å². The lowest BCUT2D eigenvalue weighted by molar-refractivity contribution is -0.117. The number of carbonyl (C=O) groups excluding carboxylic acids is 1. The van der Waals surface area contributed by atoms with Gasteiger partial charge in [0.05, 0.1) is 0 Å². The molecular formula is C6H13NO. The molecule has 0 aromatic heterocycles. The van der Waals surface area contributed by atoms with Gasteiger partial charge in [0.25, 0.3) is 0 Å². The van der Waals surface area contributed by atoms with E-state index in [9.17, 15) is 4.79 Å². The number of hydrogen-bond donors (Lipinski definition) is 1. The molecule has 0 heterocycles. The number of hydrogen-bond acceptors (Lipinski definition) is 2. The summed E-state index contributed by atoms with van der Waals surface area (Å²) in [7, 11) is 0. The maximum Gasteiger partial charge on any atom is 0.131 e. The Morgan fingerprint density at radius 1 is 1.75 bits per heavy atom. The molecule has 0 bridgehead atoms. The highest BCUT2D eigenvalue weighted by molar-refractivity contribution is 5.76. The first-order valence-electron chi connectivity index (χ1n) is 2.91. The second-order valence-corrected chi connectivity index (χ2v) is 2.07. The molecule has 0 aromatic carbocycles. The molecule has 0 radical (unpaired) electrons. The lowest BCUT2D eigenvalue weighted by Gasteiger charge is -2.02. The van der Waals surface area contributed by atoms with Crippen LogP contribution in [0, 0.1) is 0 Å². The van der Waals surface area contributed by atoms with Gasteiger partial charge < -0.3 is 5.73 Å². The predicted octanol–water partition coefficient (Wildman–Crippen LogP) is 0.703. The Bertz CT molecular complexity index is 80.6. The van der Waals surface area contributed by atoms with Crippen LogP contribution in [0.25, 0.3) is 0 Å². The molecule has 0 aliphatic rings. The summed E-state index contributed by atoms with van der Waals surface area (Å²) in [6, 6.07) is 0.0764. The van der Waals surface area contributed by atoms with Crippen LogP contribution in [0.5, 0.6) is 0 Å². The summed E-state index contributed by atoms with van der Waals surface area (Å²) in [5.41, 5.74) is 5.45. The summed E-state index contributed by atoms with van der Waals surface area (Å²) in [5.74, 6) is 0.180. The third-order valence-electron chi connectivity index (χ3n) is 1.07. The van der Waals surface area contributed by atoms with Gasteiger partial charge in [-0.15, -0.1) is 0 Å². The topological polar surface area (TPSA) is 43.1 Å². The zero-order valence-electron chi connectivity index (χ0n) is 5.48. The minimum atomic E-state index is 0.0764. The number of nitrogens with two attached hydrogens (primary N) is 1. The standard InChI is InChI=1S/C6H13NO/c1-3-6(7)4-5(2)8/h6H,3-4,7H2,1-2H3/t6-/m0/s1. The minimum absolute atomic E-state index is 0.0764. The van der Waals surface area contributed by atoms with E-state index in [4.69, 9.17) is 5.73 Å². The largest absolute Gasteiger partial charge is 0.327 e. The van der Waals surface area contributed by atoms with E-state index in [1.807, 2.05) is 6.92 Å². The smallest absolute Gasteiger partial charge is 0.131 e. The summed E-state index contributed by atoms with van der Waals surface area (Å²) in [6.07, 6.45) is 1.41. The molecular weight excluding hydrogens is 102 g/mol. The van der Waals surface area contributed by atoms with Crippen LogP contribution in [-0.2, 0) is 4.79 Å². The summed E-state index contributed by atoms with van der Waals surface area (Å²) < 4.78 is 0. The van der Waals surface area contributed by atoms with Crippen LogP contribution in [0.3, 0.4) is 0 Å². The van der Waals surface area contributed by atoms with E-state index in [0.29, 0.717) is 6.42 Å². The first kappa shape index (κ1) is 7.63. The highest BCUT2D eigenvalue weighted by Gasteiger charge is 2.00. The third-order valence-corrected chi connectivity index (χ3v) is 1.07. The van der Waals surface area contributed by atoms with E-state index in [1.165, 1.54) is 0 Å². The van der Waals surface area contributed by atoms with Crippen LogP contribution in [0.4, 0.5) is 0 Å². The first-order valence-corrected chi connectivity index (χ1v) is 2.91. The lowest BCUT2D eigenvalue weighted by atomic mass is 10.1. The average Bonchev–Trinajstić information content (AvgIpc) is 1.65. The predicted molar refractivity (Wildman–Crippen MR) is 33.6 cm³/mol. The summed E-state index contributed by atoms with van der Waals surface area (Å²) in [5, 5.41) is 0. The Morgan fingerprint density at radius 3 is 2.38 bits per heavy atom. The number of ketones is 1. The van der Waals surface area contributed by atoms with Crippen LogP contribution in [0.1, 0.15) is 26.7 Å². The number of Topliss-reactive ketones (excluding diaryl/α,β-unsaturated/α-hetero) is 1. The fourth-order valence-corrected chi connectivity index (χ4v) is 0.514. The van der Waals surface area contributed by atoms with Crippen molar-refractivity contribution in [2.75, 3.05) is 0 Å². The molecule has 0 saturated heterocycles. The van der Waals surface area contributed by atoms with E-state index in [1.54, 1.807) is 6.92 Å². The Kier molecular flexibility index (Phi) is 3.44. The van der Waals surface area contributed by atoms with Crippen molar-refractivity contribution in [2.45, 2.75) is 32.7 Å². The molecule has 0 rings (SSSR count). The van der Waals surface area contributed by atoms with E-state index in [2.05, 4.69) is 0 Å². The molecule has 2 nitrogen and oxygen atoms in total. The van der Waals surface area contributed by atoms with E-state index in [0.717, 1.165) is 6.42 Å². The van der Waals surface area contributed by atoms with Gasteiger partial charge in [0, 0.05) is 12.5 Å². The molecule has 0 aliphatic carbocycles. The molecule has 1 atom stereocenters. The fourth-order valence-electron chi connectivity index (χ4n) is 0.514. The molecule has 0 aliphatic heterocycles. The Hall–Kier alpha value is -0.370. The molecule has 0 aromatic rings. The normalized spacial score (nSPS) is 13.4. The van der Waals surface area contributed by atoms with Crippen molar-refractivity contribution in [1.82, 2.24) is 0 Å². The van der Waals surface area contributed by atoms with Crippen molar-refractivity contribution in [1.29, 1.82) is 0 Å². The van der Waals surface area contributed by atoms with Gasteiger partial charge in [-0.2, -0.15) is 0 Å². The van der Waals surface area contributed by atoms with Crippen molar-refractivity contribution >= 4 is 5.78 Å². The molecule has 0 saturated carbocycles. The second kappa shape index (κ2) is 3.61. The maximum atomic E-state index is 10.3. The van der Waals surface area contributed by atoms with Gasteiger partial charge in [0.1, 0.15) is 5.78 Å². The summed E-state index contributed by atoms with van der Waals surface area (Å²) >= 11 is 0. The van der Waals surface area contributed by atoms with Gasteiger partial charge in [-0.25, -0.2) is 0 Å². The van der Waals surface area contributed by atoms with Crippen LogP contribution in [-0.4, -0.2) is 11.8 Å². The van der Waals surface area contributed by atoms with Crippen molar-refractivity contribution in [3.8, 4) is 0 Å². The maximum absolute atomic E-state index is 10.3. The molecule has 0 spiro atoms. The monoisotopic (exact) mass is 115 g/mol. The van der Waals surface area contributed by atoms with Crippen molar-refractivity contribution in [3.63, 3.8) is 0 Å². The fraction of sp³-hybridized carbons (Fsp3) is 0.833. The minimum Gasteiger partial charge on any atom is -0.327 e. The van der Waals surface area contributed by atoms with Gasteiger partial charge in [0.2, 0.25) is 0 Å². The highest BCUT2D eigenvalue weighted by atomic mass is 16.1. The third kappa shape index (κ3) is 3.81. The average molecular weight is 115 g/mol. The van der Waals surface area contributed by atoms with Gasteiger partial charge in [-0.05, 0) is 13.3 Å². The molecule has 2 N–H and O–H groups in total. The zero-order valence-corrected chi connectivity index (χ0v) is 5.48. The van der Waals surface area contributed by atoms with Crippen LogP contribution < -0.4 is 5.73 Å². The van der Waals surface area contributed by atoms with E-state index >= 15 is 0 Å². The molecule has 48 valence electrons. The lowest BCUT2D eigenvalue weighted by Crippen LogP contribution is -2.21. The van der Waals surface area contributed by atoms with E-state index < -0.39 is 0 Å². The quantitative estimate of drug-likeness (QED) is 0.588. The Morgan fingerprint density at radius 2 is 2.25 bits per heavy atom. The van der Waals surface area contributed by atoms with Crippen LogP contribution in [0.2, 0.25) is 0 Å². The van der Waals surface area contributed by atoms with Gasteiger partial charge in [-0.3, -0.25) is 4.79 Å². The van der Waals surface area contributed by atoms with Gasteiger partial charge >= 0.3 is 0 Å². The van der Waals surface area contributed by atoms with Gasteiger partial charge in [-0.1, -0.05) is 6.92 Å².